The van der Waals surface area contributed by atoms with Gasteiger partial charge < -0.3 is 19.3 Å². The highest BCUT2D eigenvalue weighted by atomic mass is 35.5. The molecule has 0 aliphatic carbocycles. The van der Waals surface area contributed by atoms with Crippen LogP contribution in [0.4, 0.5) is 5.69 Å². The van der Waals surface area contributed by atoms with Gasteiger partial charge in [0.2, 0.25) is 5.88 Å². The maximum atomic E-state index is 12.3. The van der Waals surface area contributed by atoms with Crippen LogP contribution in [-0.4, -0.2) is 61.7 Å². The molecule has 0 unspecified atom stereocenters. The zero-order valence-electron chi connectivity index (χ0n) is 14.9. The molecule has 8 heteroatoms. The van der Waals surface area contributed by atoms with Gasteiger partial charge in [0, 0.05) is 49.2 Å². The lowest BCUT2D eigenvalue weighted by molar-refractivity contribution is -0.134. The van der Waals surface area contributed by atoms with E-state index >= 15 is 0 Å². The Morgan fingerprint density at radius 1 is 1.15 bits per heavy atom. The van der Waals surface area contributed by atoms with Crippen molar-refractivity contribution >= 4 is 29.2 Å². The number of pyridine rings is 1. The third-order valence-electron chi connectivity index (χ3n) is 4.31. The molecule has 1 aromatic carbocycles. The first-order valence-corrected chi connectivity index (χ1v) is 8.90. The minimum absolute atomic E-state index is 0.212. The number of hydrogen-bond acceptors (Lipinski definition) is 6. The lowest BCUT2D eigenvalue weighted by atomic mass is 10.2. The van der Waals surface area contributed by atoms with Crippen molar-refractivity contribution in [1.82, 2.24) is 9.88 Å². The van der Waals surface area contributed by atoms with E-state index < -0.39 is 5.97 Å². The molecule has 0 spiro atoms. The van der Waals surface area contributed by atoms with Crippen molar-refractivity contribution in [3.8, 4) is 5.88 Å². The number of ether oxygens (including phenoxy) is 2. The maximum absolute atomic E-state index is 12.3. The molecular weight excluding hydrogens is 370 g/mol. The molecule has 1 saturated heterocycles. The quantitative estimate of drug-likeness (QED) is 0.730. The Morgan fingerprint density at radius 2 is 1.93 bits per heavy atom. The van der Waals surface area contributed by atoms with Crippen LogP contribution >= 0.6 is 11.6 Å². The molecule has 27 heavy (non-hydrogen) atoms. The van der Waals surface area contributed by atoms with Crippen molar-refractivity contribution in [1.29, 1.82) is 0 Å². The third-order valence-corrected chi connectivity index (χ3v) is 4.55. The van der Waals surface area contributed by atoms with E-state index in [1.54, 1.807) is 17.0 Å². The van der Waals surface area contributed by atoms with Crippen LogP contribution in [0.2, 0.25) is 5.02 Å². The lowest BCUT2D eigenvalue weighted by Crippen LogP contribution is -2.49. The SMILES string of the molecule is COc1ccc(C(=O)OCC(=O)N2CCN(c3cccc(Cl)c3)CC2)cn1. The van der Waals surface area contributed by atoms with Crippen molar-refractivity contribution in [3.05, 3.63) is 53.2 Å². The van der Waals surface area contributed by atoms with Crippen LogP contribution < -0.4 is 9.64 Å². The van der Waals surface area contributed by atoms with E-state index in [2.05, 4.69) is 9.88 Å². The fraction of sp³-hybridized carbons (Fsp3) is 0.316. The molecule has 7 nitrogen and oxygen atoms in total. The molecule has 2 heterocycles. The number of carbonyl (C=O) groups is 2. The number of anilines is 1. The summed E-state index contributed by atoms with van der Waals surface area (Å²) in [5, 5.41) is 0.686. The first-order chi connectivity index (χ1) is 13.1. The molecule has 1 aliphatic rings. The number of piperazine rings is 1. The molecule has 0 bridgehead atoms. The van der Waals surface area contributed by atoms with Gasteiger partial charge >= 0.3 is 5.97 Å². The average molecular weight is 390 g/mol. The number of aromatic nitrogens is 1. The van der Waals surface area contributed by atoms with E-state index in [1.807, 2.05) is 24.3 Å². The van der Waals surface area contributed by atoms with Gasteiger partial charge in [0.25, 0.3) is 5.91 Å². The second kappa shape index (κ2) is 8.73. The summed E-state index contributed by atoms with van der Waals surface area (Å²) < 4.78 is 10.0. The topological polar surface area (TPSA) is 72.0 Å². The molecule has 3 rings (SSSR count). The van der Waals surface area contributed by atoms with Crippen LogP contribution in [0, 0.1) is 0 Å². The van der Waals surface area contributed by atoms with E-state index in [1.165, 1.54) is 13.3 Å². The van der Waals surface area contributed by atoms with Gasteiger partial charge in [0.15, 0.2) is 6.61 Å². The molecule has 1 fully saturated rings. The minimum atomic E-state index is -0.587. The molecule has 0 saturated carbocycles. The largest absolute Gasteiger partial charge is 0.481 e. The molecule has 142 valence electrons. The highest BCUT2D eigenvalue weighted by molar-refractivity contribution is 6.30. The van der Waals surface area contributed by atoms with Gasteiger partial charge in [0.05, 0.1) is 12.7 Å². The standard InChI is InChI=1S/C19H20ClN3O4/c1-26-17-6-5-14(12-21-17)19(25)27-13-18(24)23-9-7-22(8-10-23)16-4-2-3-15(20)11-16/h2-6,11-12H,7-10,13H2,1H3. The Hall–Kier alpha value is -2.80. The fourth-order valence-corrected chi connectivity index (χ4v) is 3.00. The normalized spacial score (nSPS) is 14.0. The van der Waals surface area contributed by atoms with Crippen molar-refractivity contribution in [2.75, 3.05) is 44.8 Å². The minimum Gasteiger partial charge on any atom is -0.481 e. The van der Waals surface area contributed by atoms with E-state index in [9.17, 15) is 9.59 Å². The number of carbonyl (C=O) groups excluding carboxylic acids is 2. The number of hydrogen-bond donors (Lipinski definition) is 0. The zero-order chi connectivity index (χ0) is 19.2. The Bertz CT molecular complexity index is 805. The van der Waals surface area contributed by atoms with E-state index in [0.717, 1.165) is 5.69 Å². The van der Waals surface area contributed by atoms with E-state index in [4.69, 9.17) is 21.1 Å². The number of nitrogens with zero attached hydrogens (tertiary/aromatic N) is 3. The Morgan fingerprint density at radius 3 is 2.56 bits per heavy atom. The molecule has 2 aromatic rings. The number of esters is 1. The zero-order valence-corrected chi connectivity index (χ0v) is 15.7. The smallest absolute Gasteiger partial charge is 0.340 e. The number of rotatable bonds is 5. The first-order valence-electron chi connectivity index (χ1n) is 8.52. The molecule has 0 atom stereocenters. The second-order valence-corrected chi connectivity index (χ2v) is 6.45. The summed E-state index contributed by atoms with van der Waals surface area (Å²) in [6.45, 7) is 2.23. The second-order valence-electron chi connectivity index (χ2n) is 6.01. The van der Waals surface area contributed by atoms with Gasteiger partial charge in [-0.05, 0) is 24.3 Å². The van der Waals surface area contributed by atoms with Crippen LogP contribution in [0.25, 0.3) is 0 Å². The van der Waals surface area contributed by atoms with Gasteiger partial charge in [-0.2, -0.15) is 0 Å². The fourth-order valence-electron chi connectivity index (χ4n) is 2.81. The number of amides is 1. The highest BCUT2D eigenvalue weighted by Gasteiger charge is 2.22. The molecule has 1 aliphatic heterocycles. The summed E-state index contributed by atoms with van der Waals surface area (Å²) in [5.41, 5.74) is 1.31. The predicted molar refractivity (Wildman–Crippen MR) is 101 cm³/mol. The maximum Gasteiger partial charge on any atom is 0.340 e. The number of halogens is 1. The third kappa shape index (κ3) is 4.89. The lowest BCUT2D eigenvalue weighted by Gasteiger charge is -2.36. The van der Waals surface area contributed by atoms with Gasteiger partial charge in [-0.3, -0.25) is 4.79 Å². The van der Waals surface area contributed by atoms with Crippen molar-refractivity contribution in [3.63, 3.8) is 0 Å². The van der Waals surface area contributed by atoms with Crippen LogP contribution in [0.5, 0.6) is 5.88 Å². The summed E-state index contributed by atoms with van der Waals surface area (Å²) >= 11 is 6.03. The van der Waals surface area contributed by atoms with Crippen molar-refractivity contribution in [2.24, 2.45) is 0 Å². The summed E-state index contributed by atoms with van der Waals surface area (Å²) in [6, 6.07) is 10.7. The molecule has 1 aromatic heterocycles. The molecule has 0 N–H and O–H groups in total. The average Bonchev–Trinajstić information content (AvgIpc) is 2.72. The van der Waals surface area contributed by atoms with Crippen LogP contribution in [0.3, 0.4) is 0 Å². The monoisotopic (exact) mass is 389 g/mol. The van der Waals surface area contributed by atoms with Gasteiger partial charge in [-0.15, -0.1) is 0 Å². The molecular formula is C19H20ClN3O4. The summed E-state index contributed by atoms with van der Waals surface area (Å²) in [7, 11) is 1.49. The van der Waals surface area contributed by atoms with Crippen LogP contribution in [-0.2, 0) is 9.53 Å². The van der Waals surface area contributed by atoms with E-state index in [0.29, 0.717) is 37.1 Å². The molecule has 0 radical (unpaired) electrons. The highest BCUT2D eigenvalue weighted by Crippen LogP contribution is 2.20. The van der Waals surface area contributed by atoms with E-state index in [-0.39, 0.29) is 18.1 Å². The van der Waals surface area contributed by atoms with Crippen molar-refractivity contribution < 1.29 is 19.1 Å². The number of benzene rings is 1. The van der Waals surface area contributed by atoms with Crippen molar-refractivity contribution in [2.45, 2.75) is 0 Å². The van der Waals surface area contributed by atoms with Gasteiger partial charge in [-0.25, -0.2) is 9.78 Å². The molecule has 1 amide bonds. The summed E-state index contributed by atoms with van der Waals surface area (Å²) in [5.74, 6) is -0.396. The Kier molecular flexibility index (Phi) is 6.13. The predicted octanol–water partition coefficient (Wildman–Crippen LogP) is 2.25. The van der Waals surface area contributed by atoms with Gasteiger partial charge in [-0.1, -0.05) is 17.7 Å². The Labute approximate surface area is 162 Å². The first kappa shape index (κ1) is 19.0. The number of methoxy groups -OCH3 is 1. The van der Waals surface area contributed by atoms with Crippen LogP contribution in [0.15, 0.2) is 42.6 Å². The Balaban J connectivity index is 1.47. The van der Waals surface area contributed by atoms with Gasteiger partial charge in [0.1, 0.15) is 0 Å². The summed E-state index contributed by atoms with van der Waals surface area (Å²) in [6.07, 6.45) is 1.36. The summed E-state index contributed by atoms with van der Waals surface area (Å²) in [4.78, 5) is 32.1. The van der Waals surface area contributed by atoms with Crippen LogP contribution in [0.1, 0.15) is 10.4 Å².